The first-order valence-electron chi connectivity index (χ1n) is 2.98. The molecule has 2 fully saturated rings. The Labute approximate surface area is 52.0 Å². The predicted octanol–water partition coefficient (Wildman–Crippen LogP) is 0.240. The lowest BCUT2D eigenvalue weighted by Gasteiger charge is -1.91. The summed E-state index contributed by atoms with van der Waals surface area (Å²) in [5.41, 5.74) is -0.336. The van der Waals surface area contributed by atoms with Crippen molar-refractivity contribution in [2.75, 3.05) is 0 Å². The van der Waals surface area contributed by atoms with Crippen molar-refractivity contribution in [3.8, 4) is 0 Å². The van der Waals surface area contributed by atoms with Gasteiger partial charge in [-0.25, -0.2) is 0 Å². The zero-order valence-electron chi connectivity index (χ0n) is 4.85. The largest absolute Gasteiger partial charge is 0.393 e. The number of hydrogen-bond acceptors (Lipinski definition) is 3. The van der Waals surface area contributed by atoms with Gasteiger partial charge in [0.25, 0.3) is 0 Å². The molecule has 0 amide bonds. The molecule has 0 aromatic rings. The van der Waals surface area contributed by atoms with Gasteiger partial charge >= 0.3 is 11.9 Å². The normalized spacial score (nSPS) is 28.9. The number of esters is 2. The van der Waals surface area contributed by atoms with Crippen LogP contribution in [0.5, 0.6) is 0 Å². The third-order valence-electron chi connectivity index (χ3n) is 1.98. The predicted molar refractivity (Wildman–Crippen MR) is 27.4 cm³/mol. The number of rotatable bonds is 0. The Morgan fingerprint density at radius 3 is 2.22 bits per heavy atom. The van der Waals surface area contributed by atoms with Gasteiger partial charge in [0, 0.05) is 0 Å². The third kappa shape index (κ3) is 0.515. The van der Waals surface area contributed by atoms with E-state index in [1.165, 1.54) is 0 Å². The van der Waals surface area contributed by atoms with Gasteiger partial charge in [0.2, 0.25) is 0 Å². The summed E-state index contributed by atoms with van der Waals surface area (Å²) in [4.78, 5) is 21.2. The van der Waals surface area contributed by atoms with E-state index in [1.54, 1.807) is 0 Å². The van der Waals surface area contributed by atoms with Crippen molar-refractivity contribution >= 4 is 11.9 Å². The first-order valence-corrected chi connectivity index (χ1v) is 2.98. The summed E-state index contributed by atoms with van der Waals surface area (Å²) in [5, 5.41) is 0. The van der Waals surface area contributed by atoms with E-state index >= 15 is 0 Å². The van der Waals surface area contributed by atoms with Crippen LogP contribution in [0.2, 0.25) is 0 Å². The molecule has 2 aliphatic rings. The van der Waals surface area contributed by atoms with Crippen molar-refractivity contribution in [2.24, 2.45) is 5.41 Å². The number of carbonyl (C=O) groups is 2. The van der Waals surface area contributed by atoms with Crippen molar-refractivity contribution in [1.82, 2.24) is 0 Å². The Kier molecular flexibility index (Phi) is 0.648. The van der Waals surface area contributed by atoms with Crippen LogP contribution in [0.3, 0.4) is 0 Å². The van der Waals surface area contributed by atoms with E-state index in [0.29, 0.717) is 6.42 Å². The van der Waals surface area contributed by atoms with Crippen molar-refractivity contribution in [2.45, 2.75) is 19.3 Å². The van der Waals surface area contributed by atoms with Crippen LogP contribution in [0, 0.1) is 5.41 Å². The topological polar surface area (TPSA) is 43.4 Å². The average molecular weight is 126 g/mol. The second kappa shape index (κ2) is 1.17. The number of hydrogen-bond donors (Lipinski definition) is 0. The van der Waals surface area contributed by atoms with Crippen molar-refractivity contribution < 1.29 is 14.3 Å². The summed E-state index contributed by atoms with van der Waals surface area (Å²) < 4.78 is 4.36. The highest BCUT2D eigenvalue weighted by Gasteiger charge is 2.58. The Balaban J connectivity index is 2.28. The number of carbonyl (C=O) groups excluding carboxylic acids is 2. The van der Waals surface area contributed by atoms with E-state index < -0.39 is 0 Å². The van der Waals surface area contributed by atoms with E-state index in [9.17, 15) is 9.59 Å². The van der Waals surface area contributed by atoms with E-state index in [-0.39, 0.29) is 17.4 Å². The highest BCUT2D eigenvalue weighted by molar-refractivity contribution is 5.99. The zero-order chi connectivity index (χ0) is 6.48. The minimum absolute atomic E-state index is 0.299. The minimum Gasteiger partial charge on any atom is -0.393 e. The van der Waals surface area contributed by atoms with Crippen LogP contribution in [0.25, 0.3) is 0 Å². The molecule has 0 aromatic carbocycles. The van der Waals surface area contributed by atoms with Gasteiger partial charge in [0.15, 0.2) is 0 Å². The molecule has 9 heavy (non-hydrogen) atoms. The van der Waals surface area contributed by atoms with Gasteiger partial charge in [-0.2, -0.15) is 0 Å². The quantitative estimate of drug-likeness (QED) is 0.345. The minimum atomic E-state index is -0.350. The molecule has 0 bridgehead atoms. The molecule has 2 rings (SSSR count). The van der Waals surface area contributed by atoms with Crippen LogP contribution in [0.4, 0.5) is 0 Å². The molecule has 1 saturated heterocycles. The molecule has 0 aromatic heterocycles. The van der Waals surface area contributed by atoms with Gasteiger partial charge < -0.3 is 4.74 Å². The van der Waals surface area contributed by atoms with Crippen molar-refractivity contribution in [3.05, 3.63) is 0 Å². The van der Waals surface area contributed by atoms with E-state index in [4.69, 9.17) is 0 Å². The highest BCUT2D eigenvalue weighted by Crippen LogP contribution is 2.53. The molecule has 1 saturated carbocycles. The average Bonchev–Trinajstić information content (AvgIpc) is 2.42. The molecule has 1 spiro atoms. The molecule has 0 atom stereocenters. The second-order valence-electron chi connectivity index (χ2n) is 2.72. The van der Waals surface area contributed by atoms with Crippen LogP contribution in [0.1, 0.15) is 19.3 Å². The fraction of sp³-hybridized carbons (Fsp3) is 0.667. The fourth-order valence-electron chi connectivity index (χ4n) is 1.13. The Morgan fingerprint density at radius 2 is 2.00 bits per heavy atom. The molecule has 1 aliphatic heterocycles. The monoisotopic (exact) mass is 126 g/mol. The first kappa shape index (κ1) is 4.97. The maximum atomic E-state index is 10.7. The SMILES string of the molecule is O=C1CC2(CC2)C(=O)O1. The lowest BCUT2D eigenvalue weighted by molar-refractivity contribution is -0.153. The zero-order valence-corrected chi connectivity index (χ0v) is 4.85. The van der Waals surface area contributed by atoms with E-state index in [1.807, 2.05) is 0 Å². The Hall–Kier alpha value is -0.860. The standard InChI is InChI=1S/C6H6O3/c7-4-3-6(1-2-6)5(8)9-4/h1-3H2. The summed E-state index contributed by atoms with van der Waals surface area (Å²) >= 11 is 0. The van der Waals surface area contributed by atoms with Crippen LogP contribution in [-0.4, -0.2) is 11.9 Å². The molecule has 0 radical (unpaired) electrons. The van der Waals surface area contributed by atoms with Gasteiger partial charge in [-0.1, -0.05) is 0 Å². The van der Waals surface area contributed by atoms with Crippen molar-refractivity contribution in [3.63, 3.8) is 0 Å². The maximum absolute atomic E-state index is 10.7. The van der Waals surface area contributed by atoms with Crippen LogP contribution < -0.4 is 0 Å². The second-order valence-corrected chi connectivity index (χ2v) is 2.72. The fourth-order valence-corrected chi connectivity index (χ4v) is 1.13. The summed E-state index contributed by atoms with van der Waals surface area (Å²) in [6.45, 7) is 0. The van der Waals surface area contributed by atoms with Gasteiger partial charge in [0.05, 0.1) is 11.8 Å². The summed E-state index contributed by atoms with van der Waals surface area (Å²) in [6.07, 6.45) is 2.01. The lowest BCUT2D eigenvalue weighted by atomic mass is 10.1. The molecule has 0 N–H and O–H groups in total. The lowest BCUT2D eigenvalue weighted by Crippen LogP contribution is -2.06. The Morgan fingerprint density at radius 1 is 1.33 bits per heavy atom. The molecule has 3 heteroatoms. The van der Waals surface area contributed by atoms with E-state index in [2.05, 4.69) is 4.74 Å². The van der Waals surface area contributed by atoms with Crippen LogP contribution >= 0.6 is 0 Å². The molecular weight excluding hydrogens is 120 g/mol. The van der Waals surface area contributed by atoms with Crippen LogP contribution in [-0.2, 0) is 14.3 Å². The van der Waals surface area contributed by atoms with Gasteiger partial charge in [-0.3, -0.25) is 9.59 Å². The summed E-state index contributed by atoms with van der Waals surface area (Å²) in [5.74, 6) is -0.648. The highest BCUT2D eigenvalue weighted by atomic mass is 16.6. The maximum Gasteiger partial charge on any atom is 0.320 e. The van der Waals surface area contributed by atoms with Crippen LogP contribution in [0.15, 0.2) is 0 Å². The van der Waals surface area contributed by atoms with Gasteiger partial charge in [-0.15, -0.1) is 0 Å². The molecule has 48 valence electrons. The van der Waals surface area contributed by atoms with Gasteiger partial charge in [-0.05, 0) is 12.8 Å². The molecule has 1 heterocycles. The summed E-state index contributed by atoms with van der Waals surface area (Å²) in [6, 6.07) is 0. The Bertz CT molecular complexity index is 190. The summed E-state index contributed by atoms with van der Waals surface area (Å²) in [7, 11) is 0. The first-order chi connectivity index (χ1) is 4.23. The van der Waals surface area contributed by atoms with Crippen molar-refractivity contribution in [1.29, 1.82) is 0 Å². The molecule has 1 aliphatic carbocycles. The third-order valence-corrected chi connectivity index (χ3v) is 1.98. The van der Waals surface area contributed by atoms with Gasteiger partial charge in [0.1, 0.15) is 0 Å². The molecular formula is C6H6O3. The molecule has 3 nitrogen and oxygen atoms in total. The smallest absolute Gasteiger partial charge is 0.320 e. The molecule has 0 unspecified atom stereocenters. The van der Waals surface area contributed by atoms with E-state index in [0.717, 1.165) is 12.8 Å². The number of ether oxygens (including phenoxy) is 1. The number of cyclic esters (lactones) is 2.